The lowest BCUT2D eigenvalue weighted by atomic mass is 10.3. The maximum absolute atomic E-state index is 12.4. The predicted octanol–water partition coefficient (Wildman–Crippen LogP) is 3.06. The molecule has 0 radical (unpaired) electrons. The zero-order valence-electron chi connectivity index (χ0n) is 11.2. The van der Waals surface area contributed by atoms with E-state index in [9.17, 15) is 13.2 Å². The number of hydrogen-bond acceptors (Lipinski definition) is 3. The van der Waals surface area contributed by atoms with Crippen molar-refractivity contribution >= 4 is 5.69 Å². The average molecular weight is 288 g/mol. The molecular weight excluding hydrogens is 269 g/mol. The number of nitrogen functional groups attached to an aromatic ring is 1. The highest BCUT2D eigenvalue weighted by molar-refractivity contribution is 5.43. The summed E-state index contributed by atoms with van der Waals surface area (Å²) in [6.07, 6.45) is -1.82. The molecule has 0 heterocycles. The van der Waals surface area contributed by atoms with Crippen molar-refractivity contribution in [3.8, 4) is 5.75 Å². The summed E-state index contributed by atoms with van der Waals surface area (Å²) in [6, 6.07) is 7.12. The lowest BCUT2D eigenvalue weighted by Gasteiger charge is -2.23. The van der Waals surface area contributed by atoms with Gasteiger partial charge in [-0.3, -0.25) is 4.90 Å². The molecule has 1 saturated carbocycles. The molecular formula is C14H19F3N2O. The predicted molar refractivity (Wildman–Crippen MR) is 71.6 cm³/mol. The van der Waals surface area contributed by atoms with Crippen LogP contribution in [0.1, 0.15) is 19.3 Å². The van der Waals surface area contributed by atoms with Crippen molar-refractivity contribution in [1.82, 2.24) is 4.90 Å². The maximum atomic E-state index is 12.4. The highest BCUT2D eigenvalue weighted by atomic mass is 19.4. The van der Waals surface area contributed by atoms with Crippen LogP contribution in [-0.2, 0) is 0 Å². The molecule has 1 fully saturated rings. The zero-order valence-corrected chi connectivity index (χ0v) is 11.2. The molecule has 0 saturated heterocycles. The molecule has 3 nitrogen and oxygen atoms in total. The van der Waals surface area contributed by atoms with E-state index in [-0.39, 0.29) is 6.04 Å². The van der Waals surface area contributed by atoms with Crippen LogP contribution in [0.4, 0.5) is 18.9 Å². The molecule has 1 aromatic rings. The van der Waals surface area contributed by atoms with Crippen LogP contribution in [0.2, 0.25) is 0 Å². The van der Waals surface area contributed by atoms with Crippen molar-refractivity contribution in [2.24, 2.45) is 0 Å². The summed E-state index contributed by atoms with van der Waals surface area (Å²) < 4.78 is 42.8. The maximum Gasteiger partial charge on any atom is 0.401 e. The van der Waals surface area contributed by atoms with Gasteiger partial charge in [0.25, 0.3) is 0 Å². The number of hydrogen-bond donors (Lipinski definition) is 1. The number of rotatable bonds is 7. The van der Waals surface area contributed by atoms with Crippen molar-refractivity contribution < 1.29 is 17.9 Å². The summed E-state index contributed by atoms with van der Waals surface area (Å²) in [5.74, 6) is 0.652. The van der Waals surface area contributed by atoms with Gasteiger partial charge in [-0.2, -0.15) is 13.2 Å². The standard InChI is InChI=1S/C14H19F3N2O/c15-14(16,17)10-19(12-5-6-12)7-2-8-20-13-4-1-3-11(18)9-13/h1,3-4,9,12H,2,5-8,10,18H2. The van der Waals surface area contributed by atoms with Gasteiger partial charge in [-0.1, -0.05) is 6.07 Å². The minimum Gasteiger partial charge on any atom is -0.493 e. The Morgan fingerprint density at radius 2 is 2.05 bits per heavy atom. The van der Waals surface area contributed by atoms with Gasteiger partial charge in [0.15, 0.2) is 0 Å². The molecule has 0 bridgehead atoms. The molecule has 2 N–H and O–H groups in total. The van der Waals surface area contributed by atoms with Gasteiger partial charge in [0.2, 0.25) is 0 Å². The van der Waals surface area contributed by atoms with Crippen LogP contribution >= 0.6 is 0 Å². The molecule has 0 unspecified atom stereocenters. The Hall–Kier alpha value is -1.43. The van der Waals surface area contributed by atoms with Crippen molar-refractivity contribution in [3.63, 3.8) is 0 Å². The molecule has 0 amide bonds. The third kappa shape index (κ3) is 5.28. The highest BCUT2D eigenvalue weighted by Crippen LogP contribution is 2.30. The third-order valence-corrected chi connectivity index (χ3v) is 3.16. The van der Waals surface area contributed by atoms with E-state index in [1.165, 1.54) is 4.90 Å². The van der Waals surface area contributed by atoms with Crippen LogP contribution in [0, 0.1) is 0 Å². The molecule has 20 heavy (non-hydrogen) atoms. The van der Waals surface area contributed by atoms with Gasteiger partial charge in [-0.25, -0.2) is 0 Å². The van der Waals surface area contributed by atoms with E-state index >= 15 is 0 Å². The van der Waals surface area contributed by atoms with Crippen LogP contribution in [0.15, 0.2) is 24.3 Å². The lowest BCUT2D eigenvalue weighted by molar-refractivity contribution is -0.147. The number of alkyl halides is 3. The van der Waals surface area contributed by atoms with Gasteiger partial charge in [-0.15, -0.1) is 0 Å². The fourth-order valence-corrected chi connectivity index (χ4v) is 2.12. The van der Waals surface area contributed by atoms with E-state index in [0.717, 1.165) is 12.8 Å². The van der Waals surface area contributed by atoms with Gasteiger partial charge in [0, 0.05) is 24.3 Å². The first-order valence-corrected chi connectivity index (χ1v) is 6.73. The summed E-state index contributed by atoms with van der Waals surface area (Å²) in [7, 11) is 0. The second-order valence-corrected chi connectivity index (χ2v) is 5.09. The zero-order chi connectivity index (χ0) is 14.6. The number of nitrogens with zero attached hydrogens (tertiary/aromatic N) is 1. The van der Waals surface area contributed by atoms with E-state index in [2.05, 4.69) is 0 Å². The third-order valence-electron chi connectivity index (χ3n) is 3.16. The van der Waals surface area contributed by atoms with Crippen LogP contribution in [0.3, 0.4) is 0 Å². The average Bonchev–Trinajstić information content (AvgIpc) is 3.16. The topological polar surface area (TPSA) is 38.5 Å². The quantitative estimate of drug-likeness (QED) is 0.619. The molecule has 1 aliphatic rings. The normalized spacial score (nSPS) is 15.6. The molecule has 0 atom stereocenters. The van der Waals surface area contributed by atoms with Gasteiger partial charge in [-0.05, 0) is 31.4 Å². The van der Waals surface area contributed by atoms with Crippen LogP contribution in [-0.4, -0.2) is 36.8 Å². The molecule has 0 aliphatic heterocycles. The number of halogens is 3. The first kappa shape index (κ1) is 15.0. The van der Waals surface area contributed by atoms with Gasteiger partial charge < -0.3 is 10.5 Å². The van der Waals surface area contributed by atoms with E-state index in [4.69, 9.17) is 10.5 Å². The molecule has 1 aromatic carbocycles. The van der Waals surface area contributed by atoms with E-state index in [1.807, 2.05) is 0 Å². The molecule has 2 rings (SSSR count). The van der Waals surface area contributed by atoms with Gasteiger partial charge in [0.1, 0.15) is 5.75 Å². The number of ether oxygens (including phenoxy) is 1. The monoisotopic (exact) mass is 288 g/mol. The summed E-state index contributed by atoms with van der Waals surface area (Å²) in [5.41, 5.74) is 6.23. The minimum atomic E-state index is -4.13. The van der Waals surface area contributed by atoms with Gasteiger partial charge in [0.05, 0.1) is 13.2 Å². The Morgan fingerprint density at radius 3 is 2.65 bits per heavy atom. The molecule has 0 spiro atoms. The Labute approximate surface area is 116 Å². The van der Waals surface area contributed by atoms with E-state index in [0.29, 0.717) is 31.0 Å². The molecule has 0 aromatic heterocycles. The molecule has 6 heteroatoms. The second-order valence-electron chi connectivity index (χ2n) is 5.09. The first-order chi connectivity index (χ1) is 9.44. The largest absolute Gasteiger partial charge is 0.493 e. The van der Waals surface area contributed by atoms with E-state index < -0.39 is 12.7 Å². The Morgan fingerprint density at radius 1 is 1.30 bits per heavy atom. The number of benzene rings is 1. The number of anilines is 1. The summed E-state index contributed by atoms with van der Waals surface area (Å²) >= 11 is 0. The van der Waals surface area contributed by atoms with Crippen LogP contribution < -0.4 is 10.5 Å². The SMILES string of the molecule is Nc1cccc(OCCCN(CC(F)(F)F)C2CC2)c1. The van der Waals surface area contributed by atoms with Crippen molar-refractivity contribution in [2.45, 2.75) is 31.5 Å². The van der Waals surface area contributed by atoms with Crippen LogP contribution in [0.5, 0.6) is 5.75 Å². The smallest absolute Gasteiger partial charge is 0.401 e. The van der Waals surface area contributed by atoms with Crippen LogP contribution in [0.25, 0.3) is 0 Å². The summed E-state index contributed by atoms with van der Waals surface area (Å²) in [4.78, 5) is 1.50. The highest BCUT2D eigenvalue weighted by Gasteiger charge is 2.37. The Kier molecular flexibility index (Phi) is 4.75. The first-order valence-electron chi connectivity index (χ1n) is 6.73. The number of nitrogens with two attached hydrogens (primary N) is 1. The molecule has 1 aliphatic carbocycles. The van der Waals surface area contributed by atoms with Crippen molar-refractivity contribution in [2.75, 3.05) is 25.4 Å². The summed E-state index contributed by atoms with van der Waals surface area (Å²) in [6.45, 7) is -0.0209. The fourth-order valence-electron chi connectivity index (χ4n) is 2.12. The van der Waals surface area contributed by atoms with Crippen molar-refractivity contribution in [3.05, 3.63) is 24.3 Å². The van der Waals surface area contributed by atoms with Crippen molar-refractivity contribution in [1.29, 1.82) is 0 Å². The second kappa shape index (κ2) is 6.35. The molecule has 112 valence electrons. The summed E-state index contributed by atoms with van der Waals surface area (Å²) in [5, 5.41) is 0. The fraction of sp³-hybridized carbons (Fsp3) is 0.571. The minimum absolute atomic E-state index is 0.101. The Balaban J connectivity index is 1.71. The Bertz CT molecular complexity index is 433. The van der Waals surface area contributed by atoms with E-state index in [1.54, 1.807) is 24.3 Å². The van der Waals surface area contributed by atoms with Gasteiger partial charge >= 0.3 is 6.18 Å². The lowest BCUT2D eigenvalue weighted by Crippen LogP contribution is -2.37.